The average molecular weight is 345 g/mol. The molecule has 2 atom stereocenters. The highest BCUT2D eigenvalue weighted by Gasteiger charge is 2.43. The van der Waals surface area contributed by atoms with Crippen LogP contribution >= 0.6 is 11.6 Å². The number of benzene rings is 1. The third kappa shape index (κ3) is 2.62. The van der Waals surface area contributed by atoms with E-state index in [1.165, 1.54) is 16.4 Å². The molecule has 120 valence electrons. The van der Waals surface area contributed by atoms with E-state index in [1.54, 1.807) is 0 Å². The lowest BCUT2D eigenvalue weighted by Crippen LogP contribution is -2.32. The normalized spacial score (nSPS) is 26.3. The number of carboxylic acid groups (broad SMARTS) is 1. The number of aromatic carboxylic acids is 1. The van der Waals surface area contributed by atoms with Crippen molar-refractivity contribution in [1.82, 2.24) is 9.21 Å². The van der Waals surface area contributed by atoms with Gasteiger partial charge >= 0.3 is 5.97 Å². The van der Waals surface area contributed by atoms with E-state index < -0.39 is 16.0 Å². The molecular weight excluding hydrogens is 328 g/mol. The predicted molar refractivity (Wildman–Crippen MR) is 81.6 cm³/mol. The summed E-state index contributed by atoms with van der Waals surface area (Å²) in [4.78, 5) is 13.1. The molecule has 0 spiro atoms. The highest BCUT2D eigenvalue weighted by molar-refractivity contribution is 7.89. The number of likely N-dealkylation sites (tertiary alicyclic amines) is 1. The Morgan fingerprint density at radius 1 is 1.23 bits per heavy atom. The van der Waals surface area contributed by atoms with Crippen molar-refractivity contribution in [2.75, 3.05) is 33.2 Å². The summed E-state index contributed by atoms with van der Waals surface area (Å²) in [6.45, 7) is 2.70. The minimum absolute atomic E-state index is 0.0548. The first-order valence-electron chi connectivity index (χ1n) is 7.00. The molecule has 1 aromatic carbocycles. The lowest BCUT2D eigenvalue weighted by Gasteiger charge is -2.20. The van der Waals surface area contributed by atoms with E-state index >= 15 is 0 Å². The first kappa shape index (κ1) is 15.7. The molecule has 2 aliphatic rings. The molecule has 0 amide bonds. The van der Waals surface area contributed by atoms with Gasteiger partial charge in [0.15, 0.2) is 0 Å². The molecule has 3 rings (SSSR count). The summed E-state index contributed by atoms with van der Waals surface area (Å²) >= 11 is 6.00. The molecule has 0 bridgehead atoms. The molecule has 6 nitrogen and oxygen atoms in total. The van der Waals surface area contributed by atoms with E-state index in [-0.39, 0.29) is 15.5 Å². The first-order valence-corrected chi connectivity index (χ1v) is 8.82. The number of sulfonamides is 1. The van der Waals surface area contributed by atoms with Gasteiger partial charge in [-0.2, -0.15) is 4.31 Å². The molecule has 8 heteroatoms. The van der Waals surface area contributed by atoms with Gasteiger partial charge in [-0.25, -0.2) is 13.2 Å². The van der Waals surface area contributed by atoms with Crippen molar-refractivity contribution in [2.45, 2.75) is 4.90 Å². The Labute approximate surface area is 134 Å². The van der Waals surface area contributed by atoms with Crippen LogP contribution in [0.4, 0.5) is 0 Å². The Balaban J connectivity index is 1.91. The Hall–Kier alpha value is -1.15. The SMILES string of the molecule is CN1C[C@@H]2CN(S(=O)(=O)c3cc(C(=O)O)ccc3Cl)C[C@@H]2C1. The Bertz CT molecular complexity index is 708. The van der Waals surface area contributed by atoms with Crippen LogP contribution in [0.15, 0.2) is 23.1 Å². The molecule has 2 aliphatic heterocycles. The summed E-state index contributed by atoms with van der Waals surface area (Å²) in [6, 6.07) is 3.76. The van der Waals surface area contributed by atoms with Crippen molar-refractivity contribution in [3.8, 4) is 0 Å². The zero-order valence-corrected chi connectivity index (χ0v) is 13.6. The molecule has 0 aliphatic carbocycles. The maximum atomic E-state index is 12.8. The zero-order chi connectivity index (χ0) is 16.1. The molecule has 2 fully saturated rings. The summed E-state index contributed by atoms with van der Waals surface area (Å²) < 4.78 is 27.0. The zero-order valence-electron chi connectivity index (χ0n) is 12.1. The van der Waals surface area contributed by atoms with Gasteiger partial charge in [0.25, 0.3) is 0 Å². The van der Waals surface area contributed by atoms with Crippen molar-refractivity contribution in [3.63, 3.8) is 0 Å². The van der Waals surface area contributed by atoms with Crippen LogP contribution in [0.5, 0.6) is 0 Å². The van der Waals surface area contributed by atoms with Gasteiger partial charge in [0.1, 0.15) is 4.90 Å². The molecule has 0 saturated carbocycles. The van der Waals surface area contributed by atoms with Crippen LogP contribution in [-0.4, -0.2) is 61.9 Å². The molecule has 1 aromatic rings. The first-order chi connectivity index (χ1) is 10.3. The number of halogens is 1. The molecule has 22 heavy (non-hydrogen) atoms. The van der Waals surface area contributed by atoms with Crippen molar-refractivity contribution < 1.29 is 18.3 Å². The van der Waals surface area contributed by atoms with Crippen molar-refractivity contribution >= 4 is 27.6 Å². The van der Waals surface area contributed by atoms with Gasteiger partial charge in [-0.05, 0) is 37.1 Å². The van der Waals surface area contributed by atoms with Gasteiger partial charge in [0.2, 0.25) is 10.0 Å². The second-order valence-electron chi connectivity index (χ2n) is 6.01. The number of rotatable bonds is 3. The quantitative estimate of drug-likeness (QED) is 0.892. The Kier molecular flexibility index (Phi) is 3.92. The monoisotopic (exact) mass is 344 g/mol. The predicted octanol–water partition coefficient (Wildman–Crippen LogP) is 1.22. The van der Waals surface area contributed by atoms with Crippen LogP contribution in [0, 0.1) is 11.8 Å². The van der Waals surface area contributed by atoms with Crippen molar-refractivity contribution in [2.24, 2.45) is 11.8 Å². The van der Waals surface area contributed by atoms with Crippen LogP contribution < -0.4 is 0 Å². The number of carbonyl (C=O) groups is 1. The summed E-state index contributed by atoms with van der Waals surface area (Å²) in [5.74, 6) is -0.504. The third-order valence-electron chi connectivity index (χ3n) is 4.43. The molecule has 2 saturated heterocycles. The van der Waals surface area contributed by atoms with E-state index in [1.807, 2.05) is 7.05 Å². The molecular formula is C14H17ClN2O4S. The van der Waals surface area contributed by atoms with Gasteiger partial charge < -0.3 is 10.0 Å². The van der Waals surface area contributed by atoms with Crippen LogP contribution in [0.1, 0.15) is 10.4 Å². The van der Waals surface area contributed by atoms with Gasteiger partial charge in [-0.3, -0.25) is 0 Å². The summed E-state index contributed by atoms with van der Waals surface area (Å²) in [6.07, 6.45) is 0. The van der Waals surface area contributed by atoms with E-state index in [9.17, 15) is 13.2 Å². The lowest BCUT2D eigenvalue weighted by atomic mass is 10.0. The number of fused-ring (bicyclic) bond motifs is 1. The van der Waals surface area contributed by atoms with Crippen LogP contribution in [0.3, 0.4) is 0 Å². The number of hydrogen-bond acceptors (Lipinski definition) is 4. The fraction of sp³-hybridized carbons (Fsp3) is 0.500. The second-order valence-corrected chi connectivity index (χ2v) is 8.33. The molecule has 2 heterocycles. The van der Waals surface area contributed by atoms with Gasteiger partial charge in [0.05, 0.1) is 10.6 Å². The van der Waals surface area contributed by atoms with Gasteiger partial charge in [-0.1, -0.05) is 11.6 Å². The average Bonchev–Trinajstić information content (AvgIpc) is 2.96. The van der Waals surface area contributed by atoms with E-state index in [2.05, 4.69) is 4.90 Å². The van der Waals surface area contributed by atoms with Crippen LogP contribution in [-0.2, 0) is 10.0 Å². The fourth-order valence-corrected chi connectivity index (χ4v) is 5.41. The van der Waals surface area contributed by atoms with E-state index in [0.29, 0.717) is 24.9 Å². The molecule has 1 N–H and O–H groups in total. The summed E-state index contributed by atoms with van der Waals surface area (Å²) in [7, 11) is -1.73. The second kappa shape index (κ2) is 5.49. The topological polar surface area (TPSA) is 77.9 Å². The third-order valence-corrected chi connectivity index (χ3v) is 6.74. The molecule has 0 aromatic heterocycles. The minimum atomic E-state index is -3.77. The number of carboxylic acids is 1. The lowest BCUT2D eigenvalue weighted by molar-refractivity contribution is 0.0696. The minimum Gasteiger partial charge on any atom is -0.478 e. The van der Waals surface area contributed by atoms with Crippen molar-refractivity contribution in [3.05, 3.63) is 28.8 Å². The van der Waals surface area contributed by atoms with Crippen LogP contribution in [0.2, 0.25) is 5.02 Å². The highest BCUT2D eigenvalue weighted by Crippen LogP contribution is 2.35. The maximum Gasteiger partial charge on any atom is 0.335 e. The van der Waals surface area contributed by atoms with Crippen LogP contribution in [0.25, 0.3) is 0 Å². The fourth-order valence-electron chi connectivity index (χ4n) is 3.35. The molecule has 0 radical (unpaired) electrons. The van der Waals surface area contributed by atoms with Crippen molar-refractivity contribution in [1.29, 1.82) is 0 Å². The smallest absolute Gasteiger partial charge is 0.335 e. The molecule has 0 unspecified atom stereocenters. The van der Waals surface area contributed by atoms with Gasteiger partial charge in [0, 0.05) is 26.2 Å². The standard InChI is InChI=1S/C14H17ClN2O4S/c1-16-5-10-7-17(8-11(10)6-16)22(20,21)13-4-9(14(18)19)2-3-12(13)15/h2-4,10-11H,5-8H2,1H3,(H,18,19)/t10-,11+. The Morgan fingerprint density at radius 2 is 1.82 bits per heavy atom. The Morgan fingerprint density at radius 3 is 2.36 bits per heavy atom. The largest absolute Gasteiger partial charge is 0.478 e. The number of nitrogens with zero attached hydrogens (tertiary/aromatic N) is 2. The highest BCUT2D eigenvalue weighted by atomic mass is 35.5. The summed E-state index contributed by atoms with van der Waals surface area (Å²) in [5.41, 5.74) is -0.0814. The number of hydrogen-bond donors (Lipinski definition) is 1. The maximum absolute atomic E-state index is 12.8. The van der Waals surface area contributed by atoms with E-state index in [0.717, 1.165) is 19.2 Å². The van der Waals surface area contributed by atoms with Gasteiger partial charge in [-0.15, -0.1) is 0 Å². The van der Waals surface area contributed by atoms with E-state index in [4.69, 9.17) is 16.7 Å². The summed E-state index contributed by atoms with van der Waals surface area (Å²) in [5, 5.41) is 9.09.